The number of rotatable bonds is 7. The van der Waals surface area contributed by atoms with Crippen molar-refractivity contribution in [1.29, 1.82) is 0 Å². The number of benzene rings is 6. The lowest BCUT2D eigenvalue weighted by Crippen LogP contribution is -2.10. The molecule has 69 heavy (non-hydrogen) atoms. The Hall–Kier alpha value is -9.67. The van der Waals surface area contributed by atoms with Gasteiger partial charge in [-0.15, -0.1) is 0 Å². The summed E-state index contributed by atoms with van der Waals surface area (Å²) in [6, 6.07) is 67.2. The van der Waals surface area contributed by atoms with Crippen molar-refractivity contribution >= 4 is 65.9 Å². The van der Waals surface area contributed by atoms with Gasteiger partial charge in [0.05, 0.1) is 50.2 Å². The van der Waals surface area contributed by atoms with Gasteiger partial charge in [-0.2, -0.15) is 0 Å². The molecule has 0 radical (unpaired) electrons. The molecule has 322 valence electrons. The van der Waals surface area contributed by atoms with Crippen LogP contribution in [-0.2, 0) is 0 Å². The van der Waals surface area contributed by atoms with Crippen molar-refractivity contribution in [2.75, 3.05) is 0 Å². The molecule has 14 aromatic rings. The summed E-state index contributed by atoms with van der Waals surface area (Å²) in [7, 11) is 0. The average molecular weight is 885 g/mol. The topological polar surface area (TPSA) is 105 Å². The average Bonchev–Trinajstić information content (AvgIpc) is 4.07. The second-order valence-corrected chi connectivity index (χ2v) is 17.0. The number of aromatic nitrogens is 10. The fraction of sp³-hybridized carbons (Fsp3) is 0. The molecule has 0 saturated carbocycles. The molecular formula is C59H36N10. The molecule has 0 aliphatic heterocycles. The predicted molar refractivity (Wildman–Crippen MR) is 276 cm³/mol. The third kappa shape index (κ3) is 6.09. The lowest BCUT2D eigenvalue weighted by atomic mass is 10.00. The van der Waals surface area contributed by atoms with E-state index in [1.807, 2.05) is 110 Å². The van der Waals surface area contributed by atoms with Crippen molar-refractivity contribution in [3.63, 3.8) is 0 Å². The van der Waals surface area contributed by atoms with Gasteiger partial charge < -0.3 is 13.7 Å². The number of hydrogen-bond donors (Lipinski definition) is 0. The first-order chi connectivity index (χ1) is 34.2. The SMILES string of the molecule is c1ccc(-c2nc(-c3ccccc3)nc(-c3ccc(-c4cc(-n5c6cccnc6c6ncccc65)c(-n5c6ccccc6c6ccccc65)c(-n5c6cccnc6c6ncccc65)c4)cc3)n2)cc1. The van der Waals surface area contributed by atoms with E-state index in [1.54, 1.807) is 0 Å². The number of pyridine rings is 4. The van der Waals surface area contributed by atoms with Crippen LogP contribution in [0, 0.1) is 0 Å². The Bertz CT molecular complexity index is 3950. The molecule has 0 amide bonds. The first-order valence-corrected chi connectivity index (χ1v) is 22.8. The van der Waals surface area contributed by atoms with E-state index in [-0.39, 0.29) is 0 Å². The molecule has 0 atom stereocenters. The van der Waals surface area contributed by atoms with Gasteiger partial charge in [0, 0.05) is 52.3 Å². The molecule has 0 aliphatic rings. The van der Waals surface area contributed by atoms with Crippen LogP contribution in [0.4, 0.5) is 0 Å². The van der Waals surface area contributed by atoms with Gasteiger partial charge in [0.2, 0.25) is 0 Å². The van der Waals surface area contributed by atoms with E-state index in [1.165, 1.54) is 0 Å². The first kappa shape index (κ1) is 38.6. The summed E-state index contributed by atoms with van der Waals surface area (Å²) in [5, 5.41) is 2.31. The van der Waals surface area contributed by atoms with E-state index in [9.17, 15) is 0 Å². The molecule has 6 aromatic carbocycles. The smallest absolute Gasteiger partial charge is 0.164 e. The molecular weight excluding hydrogens is 849 g/mol. The van der Waals surface area contributed by atoms with E-state index in [0.29, 0.717) is 17.5 Å². The number of nitrogens with zero attached hydrogens (tertiary/aromatic N) is 10. The molecule has 10 heteroatoms. The molecule has 8 aromatic heterocycles. The zero-order chi connectivity index (χ0) is 45.4. The summed E-state index contributed by atoms with van der Waals surface area (Å²) in [5.41, 5.74) is 16.8. The zero-order valence-electron chi connectivity index (χ0n) is 36.8. The van der Waals surface area contributed by atoms with E-state index >= 15 is 0 Å². The maximum Gasteiger partial charge on any atom is 0.164 e. The van der Waals surface area contributed by atoms with Crippen LogP contribution in [-0.4, -0.2) is 48.6 Å². The van der Waals surface area contributed by atoms with Crippen molar-refractivity contribution in [2.45, 2.75) is 0 Å². The molecule has 8 heterocycles. The minimum atomic E-state index is 0.591. The Kier molecular flexibility index (Phi) is 8.65. The van der Waals surface area contributed by atoms with Gasteiger partial charge in [-0.1, -0.05) is 121 Å². The Morgan fingerprint density at radius 3 is 1.00 bits per heavy atom. The zero-order valence-corrected chi connectivity index (χ0v) is 36.8. The van der Waals surface area contributed by atoms with E-state index in [0.717, 1.165) is 111 Å². The van der Waals surface area contributed by atoms with Crippen molar-refractivity contribution in [1.82, 2.24) is 48.6 Å². The first-order valence-electron chi connectivity index (χ1n) is 22.8. The van der Waals surface area contributed by atoms with Gasteiger partial charge in [-0.3, -0.25) is 19.9 Å². The Labute approximate surface area is 394 Å². The summed E-state index contributed by atoms with van der Waals surface area (Å²) in [5.74, 6) is 1.82. The van der Waals surface area contributed by atoms with Crippen LogP contribution in [0.25, 0.3) is 128 Å². The van der Waals surface area contributed by atoms with E-state index < -0.39 is 0 Å². The van der Waals surface area contributed by atoms with Gasteiger partial charge >= 0.3 is 0 Å². The second-order valence-electron chi connectivity index (χ2n) is 17.0. The lowest BCUT2D eigenvalue weighted by Gasteiger charge is -2.23. The fourth-order valence-corrected chi connectivity index (χ4v) is 10.1. The summed E-state index contributed by atoms with van der Waals surface area (Å²) in [6.07, 6.45) is 7.37. The van der Waals surface area contributed by atoms with Gasteiger partial charge in [-0.05, 0) is 83.9 Å². The van der Waals surface area contributed by atoms with Crippen LogP contribution < -0.4 is 0 Å². The van der Waals surface area contributed by atoms with Crippen LogP contribution in [0.5, 0.6) is 0 Å². The summed E-state index contributed by atoms with van der Waals surface area (Å²) in [6.45, 7) is 0. The summed E-state index contributed by atoms with van der Waals surface area (Å²) < 4.78 is 7.08. The Balaban J connectivity index is 1.09. The van der Waals surface area contributed by atoms with Crippen molar-refractivity contribution in [3.05, 3.63) is 219 Å². The lowest BCUT2D eigenvalue weighted by molar-refractivity contribution is 1.05. The Morgan fingerprint density at radius 2 is 0.594 bits per heavy atom. The normalized spacial score (nSPS) is 11.8. The largest absolute Gasteiger partial charge is 0.305 e. The maximum atomic E-state index is 5.05. The Morgan fingerprint density at radius 1 is 0.261 bits per heavy atom. The molecule has 0 fully saturated rings. The highest BCUT2D eigenvalue weighted by Crippen LogP contribution is 2.44. The highest BCUT2D eigenvalue weighted by Gasteiger charge is 2.27. The number of hydrogen-bond acceptors (Lipinski definition) is 7. The van der Waals surface area contributed by atoms with Crippen LogP contribution in [0.15, 0.2) is 219 Å². The third-order valence-electron chi connectivity index (χ3n) is 13.1. The highest BCUT2D eigenvalue weighted by atomic mass is 15.1. The number of fused-ring (bicyclic) bond motifs is 9. The van der Waals surface area contributed by atoms with Crippen LogP contribution in [0.2, 0.25) is 0 Å². The molecule has 0 N–H and O–H groups in total. The van der Waals surface area contributed by atoms with E-state index in [4.69, 9.17) is 34.9 Å². The van der Waals surface area contributed by atoms with Crippen molar-refractivity contribution in [3.8, 4) is 62.4 Å². The molecule has 0 unspecified atom stereocenters. The molecule has 0 bridgehead atoms. The monoisotopic (exact) mass is 884 g/mol. The molecule has 14 rings (SSSR count). The van der Waals surface area contributed by atoms with Crippen LogP contribution in [0.3, 0.4) is 0 Å². The van der Waals surface area contributed by atoms with Crippen molar-refractivity contribution in [2.24, 2.45) is 0 Å². The predicted octanol–water partition coefficient (Wildman–Crippen LogP) is 13.4. The van der Waals surface area contributed by atoms with Gasteiger partial charge in [0.25, 0.3) is 0 Å². The minimum absolute atomic E-state index is 0.591. The van der Waals surface area contributed by atoms with Gasteiger partial charge in [-0.25, -0.2) is 15.0 Å². The van der Waals surface area contributed by atoms with Crippen LogP contribution in [0.1, 0.15) is 0 Å². The molecule has 0 saturated heterocycles. The second kappa shape index (κ2) is 15.5. The third-order valence-corrected chi connectivity index (χ3v) is 13.1. The maximum absolute atomic E-state index is 5.05. The van der Waals surface area contributed by atoms with Crippen molar-refractivity contribution < 1.29 is 0 Å². The highest BCUT2D eigenvalue weighted by molar-refractivity contribution is 6.12. The standard InChI is InChI=1S/C59H36N10/c1-3-15-38(16-4-1)57-64-58(39-17-5-2-6-18-39)66-59(65-57)40-29-27-37(28-30-40)41-35-50(67-46-23-11-31-60-52(46)53-47(67)24-12-32-61-53)56(69-44-21-9-7-19-42(44)43-20-8-10-22-45(43)69)51(36-41)68-48-25-13-33-62-54(48)55-49(68)26-14-34-63-55/h1-36H. The minimum Gasteiger partial charge on any atom is -0.305 e. The van der Waals surface area contributed by atoms with E-state index in [2.05, 4.69) is 123 Å². The molecule has 10 nitrogen and oxygen atoms in total. The van der Waals surface area contributed by atoms with Crippen LogP contribution >= 0.6 is 0 Å². The van der Waals surface area contributed by atoms with Gasteiger partial charge in [0.1, 0.15) is 22.1 Å². The summed E-state index contributed by atoms with van der Waals surface area (Å²) in [4.78, 5) is 34.8. The van der Waals surface area contributed by atoms with Gasteiger partial charge in [0.15, 0.2) is 17.5 Å². The number of para-hydroxylation sites is 2. The molecule has 0 spiro atoms. The summed E-state index contributed by atoms with van der Waals surface area (Å²) >= 11 is 0. The quantitative estimate of drug-likeness (QED) is 0.157. The fourth-order valence-electron chi connectivity index (χ4n) is 10.1. The molecule has 0 aliphatic carbocycles.